The van der Waals surface area contributed by atoms with E-state index in [0.717, 1.165) is 23.9 Å². The number of amides is 2. The fourth-order valence-electron chi connectivity index (χ4n) is 4.62. The van der Waals surface area contributed by atoms with Crippen molar-refractivity contribution < 1.29 is 33.8 Å². The molecule has 1 aromatic carbocycles. The number of piperazine rings is 1. The molecule has 9 heteroatoms. The molecule has 2 fully saturated rings. The van der Waals surface area contributed by atoms with E-state index in [0.29, 0.717) is 17.7 Å². The molecule has 0 spiro atoms. The molecule has 176 valence electrons. The van der Waals surface area contributed by atoms with Crippen LogP contribution in [0.3, 0.4) is 0 Å². The van der Waals surface area contributed by atoms with Crippen LogP contribution in [0.1, 0.15) is 37.3 Å². The van der Waals surface area contributed by atoms with Gasteiger partial charge in [-0.05, 0) is 43.4 Å². The highest BCUT2D eigenvalue weighted by Crippen LogP contribution is 2.44. The Morgan fingerprint density at radius 2 is 2.00 bits per heavy atom. The van der Waals surface area contributed by atoms with Crippen molar-refractivity contribution in [2.45, 2.75) is 43.8 Å². The number of fused-ring (bicyclic) bond motifs is 1. The number of aliphatic carboxylic acids is 1. The third kappa shape index (κ3) is 5.39. The quantitative estimate of drug-likeness (QED) is 0.360. The van der Waals surface area contributed by atoms with Crippen LogP contribution in [0.25, 0.3) is 0 Å². The highest BCUT2D eigenvalue weighted by atomic mass is 16.5. The van der Waals surface area contributed by atoms with Gasteiger partial charge in [0.1, 0.15) is 24.4 Å². The highest BCUT2D eigenvalue weighted by Gasteiger charge is 2.54. The Balaban J connectivity index is 1.82. The van der Waals surface area contributed by atoms with Crippen LogP contribution in [0.15, 0.2) is 24.3 Å². The van der Waals surface area contributed by atoms with E-state index >= 15 is 0 Å². The molecule has 2 aliphatic rings. The second-order valence-corrected chi connectivity index (χ2v) is 9.60. The van der Waals surface area contributed by atoms with Crippen molar-refractivity contribution in [2.75, 3.05) is 40.9 Å². The molecule has 3 rings (SSSR count). The summed E-state index contributed by atoms with van der Waals surface area (Å²) in [6.45, 7) is 0.930. The van der Waals surface area contributed by atoms with E-state index in [1.165, 1.54) is 4.90 Å². The van der Waals surface area contributed by atoms with Crippen molar-refractivity contribution in [3.05, 3.63) is 29.8 Å². The van der Waals surface area contributed by atoms with Gasteiger partial charge in [0.05, 0.1) is 46.3 Å². The molecule has 2 amide bonds. The molecule has 32 heavy (non-hydrogen) atoms. The first kappa shape index (κ1) is 24.0. The van der Waals surface area contributed by atoms with Crippen molar-refractivity contribution in [1.29, 1.82) is 0 Å². The fourth-order valence-corrected chi connectivity index (χ4v) is 4.62. The molecule has 2 saturated heterocycles. The number of aliphatic hydroxyl groups is 1. The van der Waals surface area contributed by atoms with Crippen molar-refractivity contribution in [2.24, 2.45) is 5.92 Å². The van der Waals surface area contributed by atoms with Crippen LogP contribution < -0.4 is 10.1 Å². The summed E-state index contributed by atoms with van der Waals surface area (Å²) >= 11 is 0. The van der Waals surface area contributed by atoms with E-state index in [2.05, 4.69) is 26.5 Å². The molecule has 0 bridgehead atoms. The van der Waals surface area contributed by atoms with Crippen LogP contribution in [0.4, 0.5) is 0 Å². The summed E-state index contributed by atoms with van der Waals surface area (Å²) in [6, 6.07) is 4.70. The minimum absolute atomic E-state index is 0.0769. The summed E-state index contributed by atoms with van der Waals surface area (Å²) in [5.74, 6) is -1.96. The number of unbranched alkanes of at least 4 members (excludes halogenated alkanes) is 1. The molecule has 9 nitrogen and oxygen atoms in total. The molecule has 2 heterocycles. The summed E-state index contributed by atoms with van der Waals surface area (Å²) in [6.07, 6.45) is 2.33. The molecular formula is C23H34N3O6+. The lowest BCUT2D eigenvalue weighted by molar-refractivity contribution is -0.870. The van der Waals surface area contributed by atoms with Crippen LogP contribution in [0.5, 0.6) is 5.75 Å². The molecule has 0 aromatic heterocycles. The number of ether oxygens (including phenoxy) is 1. The van der Waals surface area contributed by atoms with Crippen LogP contribution >= 0.6 is 0 Å². The number of carboxylic acids is 1. The SMILES string of the molecule is C[N+](C)(C)CCCC[C@@H]1NC(=O)[C@@H]2C[C@H](C(=O)O)[C@H](c3cccc(OCCO)c3)N2C1=O. The van der Waals surface area contributed by atoms with E-state index in [1.54, 1.807) is 24.3 Å². The zero-order chi connectivity index (χ0) is 23.5. The van der Waals surface area contributed by atoms with Crippen molar-refractivity contribution in [1.82, 2.24) is 10.2 Å². The monoisotopic (exact) mass is 448 g/mol. The van der Waals surface area contributed by atoms with Gasteiger partial charge in [0.25, 0.3) is 0 Å². The Kier molecular flexibility index (Phi) is 7.40. The van der Waals surface area contributed by atoms with Gasteiger partial charge in [-0.2, -0.15) is 0 Å². The minimum atomic E-state index is -1.04. The van der Waals surface area contributed by atoms with Crippen LogP contribution in [0, 0.1) is 5.92 Å². The maximum Gasteiger partial charge on any atom is 0.309 e. The predicted octanol–water partition coefficient (Wildman–Crippen LogP) is 0.775. The highest BCUT2D eigenvalue weighted by molar-refractivity contribution is 5.98. The Hall–Kier alpha value is -2.65. The molecule has 2 aliphatic heterocycles. The second kappa shape index (κ2) is 9.87. The third-order valence-corrected chi connectivity index (χ3v) is 6.11. The topological polar surface area (TPSA) is 116 Å². The lowest BCUT2D eigenvalue weighted by Gasteiger charge is -2.38. The Morgan fingerprint density at radius 1 is 1.25 bits per heavy atom. The average Bonchev–Trinajstić information content (AvgIpc) is 3.14. The van der Waals surface area contributed by atoms with Crippen molar-refractivity contribution in [3.63, 3.8) is 0 Å². The lowest BCUT2D eigenvalue weighted by atomic mass is 9.93. The van der Waals surface area contributed by atoms with E-state index < -0.39 is 30.0 Å². The molecule has 0 unspecified atom stereocenters. The van der Waals surface area contributed by atoms with E-state index in [1.807, 2.05) is 0 Å². The number of carboxylic acid groups (broad SMARTS) is 1. The molecule has 0 saturated carbocycles. The van der Waals surface area contributed by atoms with Gasteiger partial charge in [-0.1, -0.05) is 12.1 Å². The molecular weight excluding hydrogens is 414 g/mol. The number of benzene rings is 1. The van der Waals surface area contributed by atoms with E-state index in [-0.39, 0.29) is 31.4 Å². The maximum atomic E-state index is 13.4. The average molecular weight is 449 g/mol. The van der Waals surface area contributed by atoms with Gasteiger partial charge in [0.15, 0.2) is 0 Å². The number of carbonyl (C=O) groups is 3. The van der Waals surface area contributed by atoms with Gasteiger partial charge in [0.2, 0.25) is 11.8 Å². The first-order chi connectivity index (χ1) is 15.1. The number of nitrogens with zero attached hydrogens (tertiary/aromatic N) is 2. The van der Waals surface area contributed by atoms with Gasteiger partial charge in [-0.15, -0.1) is 0 Å². The third-order valence-electron chi connectivity index (χ3n) is 6.11. The number of nitrogens with one attached hydrogen (secondary N) is 1. The molecule has 4 atom stereocenters. The molecule has 1 aromatic rings. The number of hydrogen-bond donors (Lipinski definition) is 3. The van der Waals surface area contributed by atoms with Gasteiger partial charge in [0, 0.05) is 0 Å². The van der Waals surface area contributed by atoms with E-state index in [9.17, 15) is 19.5 Å². The first-order valence-corrected chi connectivity index (χ1v) is 11.1. The van der Waals surface area contributed by atoms with E-state index in [4.69, 9.17) is 9.84 Å². The normalized spacial score (nSPS) is 25.4. The molecule has 3 N–H and O–H groups in total. The van der Waals surface area contributed by atoms with Gasteiger partial charge < -0.3 is 29.6 Å². The minimum Gasteiger partial charge on any atom is -0.491 e. The van der Waals surface area contributed by atoms with Gasteiger partial charge >= 0.3 is 5.97 Å². The maximum absolute atomic E-state index is 13.4. The Labute approximate surface area is 188 Å². The predicted molar refractivity (Wildman–Crippen MR) is 117 cm³/mol. The molecule has 0 radical (unpaired) electrons. The second-order valence-electron chi connectivity index (χ2n) is 9.60. The van der Waals surface area contributed by atoms with Crippen LogP contribution in [0.2, 0.25) is 0 Å². The lowest BCUT2D eigenvalue weighted by Crippen LogP contribution is -2.61. The van der Waals surface area contributed by atoms with Crippen LogP contribution in [-0.2, 0) is 14.4 Å². The number of rotatable bonds is 10. The largest absolute Gasteiger partial charge is 0.491 e. The number of hydrogen-bond acceptors (Lipinski definition) is 5. The summed E-state index contributed by atoms with van der Waals surface area (Å²) in [5, 5.41) is 21.7. The van der Waals surface area contributed by atoms with Gasteiger partial charge in [-0.25, -0.2) is 0 Å². The standard InChI is InChI=1S/C23H33N3O6/c1-26(2,3)10-5-4-9-18-22(29)25-19(21(28)24-18)14-17(23(30)31)20(25)15-7-6-8-16(13-15)32-12-11-27/h6-8,13,17-20,27H,4-5,9-12,14H2,1-3H3,(H-,24,28,30,31)/p+1/t17-,18-,19-,20-/m0/s1. The first-order valence-electron chi connectivity index (χ1n) is 11.1. The zero-order valence-corrected chi connectivity index (χ0v) is 19.0. The zero-order valence-electron chi connectivity index (χ0n) is 19.0. The number of carbonyl (C=O) groups excluding carboxylic acids is 2. The van der Waals surface area contributed by atoms with Crippen LogP contribution in [-0.4, -0.2) is 90.4 Å². The molecule has 0 aliphatic carbocycles. The van der Waals surface area contributed by atoms with Crippen molar-refractivity contribution >= 4 is 17.8 Å². The summed E-state index contributed by atoms with van der Waals surface area (Å²) < 4.78 is 6.30. The summed E-state index contributed by atoms with van der Waals surface area (Å²) in [4.78, 5) is 39.8. The van der Waals surface area contributed by atoms with Crippen molar-refractivity contribution in [3.8, 4) is 5.75 Å². The summed E-state index contributed by atoms with van der Waals surface area (Å²) in [7, 11) is 6.33. The Bertz CT molecular complexity index is 852. The Morgan fingerprint density at radius 3 is 2.66 bits per heavy atom. The fraction of sp³-hybridized carbons (Fsp3) is 0.609. The van der Waals surface area contributed by atoms with Gasteiger partial charge in [-0.3, -0.25) is 14.4 Å². The summed E-state index contributed by atoms with van der Waals surface area (Å²) in [5.41, 5.74) is 0.613. The number of aliphatic hydroxyl groups excluding tert-OH is 1. The smallest absolute Gasteiger partial charge is 0.309 e. The number of quaternary nitrogens is 1.